The van der Waals surface area contributed by atoms with Crippen LogP contribution in [-0.4, -0.2) is 49.7 Å². The van der Waals surface area contributed by atoms with Crippen LogP contribution in [-0.2, 0) is 6.54 Å². The van der Waals surface area contributed by atoms with Gasteiger partial charge in [0.05, 0.1) is 12.1 Å². The summed E-state index contributed by atoms with van der Waals surface area (Å²) in [5.74, 6) is -0.00484. The van der Waals surface area contributed by atoms with Crippen molar-refractivity contribution in [2.45, 2.75) is 32.2 Å². The number of primary amides is 1. The van der Waals surface area contributed by atoms with Crippen LogP contribution in [0.5, 0.6) is 0 Å². The van der Waals surface area contributed by atoms with Crippen molar-refractivity contribution in [1.82, 2.24) is 24.8 Å². The smallest absolute Gasteiger partial charge is 0.276 e. The van der Waals surface area contributed by atoms with Gasteiger partial charge in [0.15, 0.2) is 5.69 Å². The van der Waals surface area contributed by atoms with E-state index >= 15 is 0 Å². The molecule has 1 atom stereocenters. The van der Waals surface area contributed by atoms with E-state index in [1.807, 2.05) is 12.3 Å². The Balaban J connectivity index is 1.55. The second-order valence-electron chi connectivity index (χ2n) is 7.03. The van der Waals surface area contributed by atoms with Crippen molar-refractivity contribution in [2.75, 3.05) is 13.1 Å². The monoisotopic (exact) mass is 382 g/mol. The number of carbonyl (C=O) groups is 2. The number of nitrogens with two attached hydrogens (primary N) is 1. The van der Waals surface area contributed by atoms with E-state index < -0.39 is 5.91 Å². The highest BCUT2D eigenvalue weighted by molar-refractivity contribution is 5.95. The van der Waals surface area contributed by atoms with Gasteiger partial charge < -0.3 is 20.1 Å². The molecule has 4 rings (SSSR count). The fourth-order valence-corrected chi connectivity index (χ4v) is 3.78. The van der Waals surface area contributed by atoms with Gasteiger partial charge >= 0.3 is 0 Å². The summed E-state index contributed by atoms with van der Waals surface area (Å²) in [6.07, 6.45) is 6.93. The highest BCUT2D eigenvalue weighted by atomic mass is 16.5. The van der Waals surface area contributed by atoms with Crippen molar-refractivity contribution in [2.24, 2.45) is 5.73 Å². The summed E-state index contributed by atoms with van der Waals surface area (Å²) in [6.45, 7) is 3.34. The minimum atomic E-state index is -0.465. The minimum absolute atomic E-state index is 0.0257. The molecular weight excluding hydrogens is 360 g/mol. The number of aromatic amines is 1. The largest absolute Gasteiger partial charge is 0.366 e. The van der Waals surface area contributed by atoms with Gasteiger partial charge in [-0.1, -0.05) is 5.16 Å². The molecule has 2 amide bonds. The number of hydrogen-bond donors (Lipinski definition) is 2. The van der Waals surface area contributed by atoms with Crippen molar-refractivity contribution in [3.8, 4) is 0 Å². The number of piperidine rings is 1. The zero-order valence-electron chi connectivity index (χ0n) is 15.6. The van der Waals surface area contributed by atoms with Crippen LogP contribution in [0.4, 0.5) is 0 Å². The van der Waals surface area contributed by atoms with Gasteiger partial charge in [0, 0.05) is 48.9 Å². The molecule has 28 heavy (non-hydrogen) atoms. The fraction of sp³-hybridized carbons (Fsp3) is 0.368. The first-order chi connectivity index (χ1) is 13.5. The quantitative estimate of drug-likeness (QED) is 0.695. The summed E-state index contributed by atoms with van der Waals surface area (Å²) >= 11 is 0. The van der Waals surface area contributed by atoms with Gasteiger partial charge in [0.2, 0.25) is 0 Å². The fourth-order valence-electron chi connectivity index (χ4n) is 3.78. The van der Waals surface area contributed by atoms with Gasteiger partial charge in [-0.15, -0.1) is 0 Å². The Morgan fingerprint density at radius 3 is 3.04 bits per heavy atom. The van der Waals surface area contributed by atoms with E-state index in [0.29, 0.717) is 36.7 Å². The van der Waals surface area contributed by atoms with Crippen molar-refractivity contribution in [3.63, 3.8) is 0 Å². The number of aryl methyl sites for hydroxylation is 1. The molecule has 3 N–H and O–H groups in total. The number of carbonyl (C=O) groups excluding carboxylic acids is 2. The van der Waals surface area contributed by atoms with Crippen LogP contribution in [0.2, 0.25) is 0 Å². The van der Waals surface area contributed by atoms with Crippen LogP contribution in [0.1, 0.15) is 56.6 Å². The average Bonchev–Trinajstić information content (AvgIpc) is 3.44. The number of amides is 2. The number of aromatic nitrogens is 4. The van der Waals surface area contributed by atoms with E-state index in [4.69, 9.17) is 10.3 Å². The molecule has 1 saturated heterocycles. The van der Waals surface area contributed by atoms with E-state index in [1.165, 1.54) is 0 Å². The summed E-state index contributed by atoms with van der Waals surface area (Å²) in [5.41, 5.74) is 7.79. The summed E-state index contributed by atoms with van der Waals surface area (Å²) in [4.78, 5) is 29.7. The maximum atomic E-state index is 13.2. The first-order valence-electron chi connectivity index (χ1n) is 9.23. The van der Waals surface area contributed by atoms with Gasteiger partial charge in [0.1, 0.15) is 5.76 Å². The highest BCUT2D eigenvalue weighted by Crippen LogP contribution is 2.29. The molecular formula is C19H22N6O3. The lowest BCUT2D eigenvalue weighted by Crippen LogP contribution is -2.40. The van der Waals surface area contributed by atoms with Crippen molar-refractivity contribution >= 4 is 11.8 Å². The van der Waals surface area contributed by atoms with Crippen LogP contribution in [0.3, 0.4) is 0 Å². The molecule has 3 aromatic rings. The number of nitrogens with one attached hydrogen (secondary N) is 1. The Kier molecular flexibility index (Phi) is 4.72. The topological polar surface area (TPSA) is 123 Å². The van der Waals surface area contributed by atoms with Gasteiger partial charge in [-0.3, -0.25) is 14.3 Å². The predicted molar refractivity (Wildman–Crippen MR) is 99.8 cm³/mol. The molecule has 4 heterocycles. The van der Waals surface area contributed by atoms with Crippen LogP contribution < -0.4 is 5.73 Å². The Labute approximate surface area is 161 Å². The zero-order valence-corrected chi connectivity index (χ0v) is 15.6. The standard InChI is InChI=1S/C19H22N6O3/c1-12-15(11-25-9-3-6-22-25)17(23-28-12)19(27)24-8-2-4-13(10-24)16-14(18(20)26)5-7-21-16/h3,5-7,9,13,21H,2,4,8,10-11H2,1H3,(H2,20,26). The molecule has 146 valence electrons. The maximum absolute atomic E-state index is 13.2. The summed E-state index contributed by atoms with van der Waals surface area (Å²) in [7, 11) is 0. The summed E-state index contributed by atoms with van der Waals surface area (Å²) in [6, 6.07) is 3.51. The Morgan fingerprint density at radius 2 is 2.29 bits per heavy atom. The molecule has 0 saturated carbocycles. The molecule has 1 aliphatic rings. The van der Waals surface area contributed by atoms with E-state index in [0.717, 1.165) is 24.1 Å². The van der Waals surface area contributed by atoms with Crippen molar-refractivity contribution < 1.29 is 14.1 Å². The molecule has 0 bridgehead atoms. The number of nitrogens with zero attached hydrogens (tertiary/aromatic N) is 4. The molecule has 1 fully saturated rings. The van der Waals surface area contributed by atoms with Crippen molar-refractivity contribution in [1.29, 1.82) is 0 Å². The summed E-state index contributed by atoms with van der Waals surface area (Å²) < 4.78 is 7.03. The molecule has 3 aromatic heterocycles. The van der Waals surface area contributed by atoms with Crippen LogP contribution in [0.15, 0.2) is 35.2 Å². The van der Waals surface area contributed by atoms with E-state index in [-0.39, 0.29) is 11.8 Å². The van der Waals surface area contributed by atoms with Crippen LogP contribution >= 0.6 is 0 Å². The van der Waals surface area contributed by atoms with Crippen LogP contribution in [0.25, 0.3) is 0 Å². The van der Waals surface area contributed by atoms with E-state index in [1.54, 1.807) is 35.0 Å². The zero-order chi connectivity index (χ0) is 19.7. The predicted octanol–water partition coefficient (Wildman–Crippen LogP) is 1.67. The maximum Gasteiger partial charge on any atom is 0.276 e. The van der Waals surface area contributed by atoms with Crippen molar-refractivity contribution in [3.05, 3.63) is 59.0 Å². The average molecular weight is 382 g/mol. The van der Waals surface area contributed by atoms with E-state index in [2.05, 4.69) is 15.2 Å². The normalized spacial score (nSPS) is 17.0. The molecule has 0 aromatic carbocycles. The lowest BCUT2D eigenvalue weighted by molar-refractivity contribution is 0.0694. The molecule has 0 aliphatic carbocycles. The molecule has 1 unspecified atom stereocenters. The Bertz CT molecular complexity index is 987. The first kappa shape index (κ1) is 18.0. The number of likely N-dealkylation sites (tertiary alicyclic amines) is 1. The number of rotatable bonds is 5. The Hall–Kier alpha value is -3.36. The molecule has 0 spiro atoms. The van der Waals surface area contributed by atoms with E-state index in [9.17, 15) is 9.59 Å². The third kappa shape index (κ3) is 3.30. The number of H-pyrrole nitrogens is 1. The minimum Gasteiger partial charge on any atom is -0.366 e. The third-order valence-corrected chi connectivity index (χ3v) is 5.23. The van der Waals surface area contributed by atoms with Gasteiger partial charge in [0.25, 0.3) is 11.8 Å². The summed E-state index contributed by atoms with van der Waals surface area (Å²) in [5, 5.41) is 8.21. The highest BCUT2D eigenvalue weighted by Gasteiger charge is 2.31. The molecule has 0 radical (unpaired) electrons. The number of hydrogen-bond acceptors (Lipinski definition) is 5. The van der Waals surface area contributed by atoms with Gasteiger partial charge in [-0.25, -0.2) is 0 Å². The molecule has 9 heteroatoms. The first-order valence-corrected chi connectivity index (χ1v) is 9.23. The SMILES string of the molecule is Cc1onc(C(=O)N2CCCC(c3[nH]ccc3C(N)=O)C2)c1Cn1cccn1. The van der Waals surface area contributed by atoms with Gasteiger partial charge in [-0.2, -0.15) is 5.10 Å². The lowest BCUT2D eigenvalue weighted by atomic mass is 9.92. The second-order valence-corrected chi connectivity index (χ2v) is 7.03. The molecule has 1 aliphatic heterocycles. The lowest BCUT2D eigenvalue weighted by Gasteiger charge is -2.32. The van der Waals surface area contributed by atoms with Crippen LogP contribution in [0, 0.1) is 6.92 Å². The Morgan fingerprint density at radius 1 is 1.43 bits per heavy atom. The second kappa shape index (κ2) is 7.34. The van der Waals surface area contributed by atoms with Gasteiger partial charge in [-0.05, 0) is 31.9 Å². The molecule has 9 nitrogen and oxygen atoms in total. The third-order valence-electron chi connectivity index (χ3n) is 5.23.